The first kappa shape index (κ1) is 35.5. The van der Waals surface area contributed by atoms with Crippen molar-refractivity contribution in [1.82, 2.24) is 0 Å². The van der Waals surface area contributed by atoms with Crippen LogP contribution in [0, 0.1) is 11.8 Å². The van der Waals surface area contributed by atoms with Gasteiger partial charge in [-0.05, 0) is 104 Å². The van der Waals surface area contributed by atoms with Crippen molar-refractivity contribution >= 4 is 54.6 Å². The maximum atomic E-state index is 6.73. The normalized spacial score (nSPS) is 14.2. The third-order valence-electron chi connectivity index (χ3n) is 12.2. The molecule has 8 aromatic carbocycles. The fraction of sp³-hybridized carbons (Fsp3) is 0.164. The molecule has 1 heteroatoms. The van der Waals surface area contributed by atoms with E-state index in [1.807, 2.05) is 0 Å². The van der Waals surface area contributed by atoms with Gasteiger partial charge in [0.05, 0.1) is 0 Å². The molecule has 0 amide bonds. The molecule has 0 saturated carbocycles. The van der Waals surface area contributed by atoms with Crippen molar-refractivity contribution in [2.75, 3.05) is 0 Å². The van der Waals surface area contributed by atoms with Crippen LogP contribution in [0.3, 0.4) is 0 Å². The number of fused-ring (bicyclic) bond motifs is 3. The van der Waals surface area contributed by atoms with Gasteiger partial charge < -0.3 is 4.42 Å². The van der Waals surface area contributed by atoms with Gasteiger partial charge in [0.2, 0.25) is 0 Å². The van der Waals surface area contributed by atoms with Gasteiger partial charge in [-0.25, -0.2) is 0 Å². The van der Waals surface area contributed by atoms with Gasteiger partial charge in [-0.2, -0.15) is 0 Å². The summed E-state index contributed by atoms with van der Waals surface area (Å²) in [4.78, 5) is 0. The molecule has 9 rings (SSSR count). The Morgan fingerprint density at radius 2 is 1.16 bits per heavy atom. The number of rotatable bonds is 11. The second-order valence-corrected chi connectivity index (χ2v) is 15.5. The maximum absolute atomic E-state index is 6.73. The van der Waals surface area contributed by atoms with Crippen LogP contribution in [0.1, 0.15) is 63.1 Å². The van der Waals surface area contributed by atoms with Crippen molar-refractivity contribution in [3.8, 4) is 22.3 Å². The van der Waals surface area contributed by atoms with Gasteiger partial charge in [0, 0.05) is 28.2 Å². The smallest absolute Gasteiger partial charge is 0.143 e. The van der Waals surface area contributed by atoms with Gasteiger partial charge in [0.25, 0.3) is 0 Å². The van der Waals surface area contributed by atoms with Gasteiger partial charge in [-0.1, -0.05) is 185 Å². The molecule has 56 heavy (non-hydrogen) atoms. The van der Waals surface area contributed by atoms with E-state index in [1.165, 1.54) is 76.8 Å². The Kier molecular flexibility index (Phi) is 9.61. The van der Waals surface area contributed by atoms with E-state index < -0.39 is 0 Å². The summed E-state index contributed by atoms with van der Waals surface area (Å²) in [5, 5.41) is 7.50. The fourth-order valence-electron chi connectivity index (χ4n) is 8.94. The van der Waals surface area contributed by atoms with Crippen molar-refractivity contribution in [3.63, 3.8) is 0 Å². The van der Waals surface area contributed by atoms with Crippen LogP contribution >= 0.6 is 0 Å². The van der Waals surface area contributed by atoms with Crippen LogP contribution < -0.4 is 0 Å². The maximum Gasteiger partial charge on any atom is 0.143 e. The number of hydrogen-bond donors (Lipinski definition) is 0. The number of hydrogen-bond acceptors (Lipinski definition) is 1. The Balaban J connectivity index is 1.16. The van der Waals surface area contributed by atoms with Crippen LogP contribution in [-0.4, -0.2) is 0 Å². The van der Waals surface area contributed by atoms with Crippen LogP contribution in [0.25, 0.3) is 76.9 Å². The SMILES string of the molecule is CCC(/C=C(\C)c1ccccc1)/C(=C\C(c1ccc(-c2ccc3c4ccccc4c4cccc5oc2c3c54)cc1)C(C)CC)c1cccc(-c2ccccc2)c1. The van der Waals surface area contributed by atoms with Crippen molar-refractivity contribution in [2.24, 2.45) is 11.8 Å². The minimum atomic E-state index is 0.238. The second kappa shape index (κ2) is 15.2. The monoisotopic (exact) mass is 724 g/mol. The molecule has 1 nitrogen and oxygen atoms in total. The summed E-state index contributed by atoms with van der Waals surface area (Å²) in [7, 11) is 0. The predicted octanol–water partition coefficient (Wildman–Crippen LogP) is 16.0. The van der Waals surface area contributed by atoms with Crippen LogP contribution in [-0.2, 0) is 0 Å². The minimum Gasteiger partial charge on any atom is -0.455 e. The third kappa shape index (κ3) is 6.42. The van der Waals surface area contributed by atoms with E-state index >= 15 is 0 Å². The van der Waals surface area contributed by atoms with E-state index in [0.717, 1.165) is 29.6 Å². The zero-order chi connectivity index (χ0) is 38.2. The summed E-state index contributed by atoms with van der Waals surface area (Å²) in [5.41, 5.74) is 13.3. The molecule has 0 fully saturated rings. The van der Waals surface area contributed by atoms with E-state index in [2.05, 4.69) is 204 Å². The Labute approximate surface area is 331 Å². The van der Waals surface area contributed by atoms with Gasteiger partial charge in [-0.15, -0.1) is 0 Å². The van der Waals surface area contributed by atoms with E-state index in [0.29, 0.717) is 5.92 Å². The molecule has 0 aliphatic carbocycles. The van der Waals surface area contributed by atoms with Crippen LogP contribution in [0.5, 0.6) is 0 Å². The molecule has 1 heterocycles. The highest BCUT2D eigenvalue weighted by Crippen LogP contribution is 2.46. The molecule has 0 radical (unpaired) electrons. The average Bonchev–Trinajstić information content (AvgIpc) is 3.67. The molecule has 0 aliphatic heterocycles. The number of furan rings is 1. The molecular formula is C55H48O. The fourth-order valence-corrected chi connectivity index (χ4v) is 8.94. The lowest BCUT2D eigenvalue weighted by molar-refractivity contribution is 0.506. The average molecular weight is 725 g/mol. The first-order chi connectivity index (χ1) is 27.5. The highest BCUT2D eigenvalue weighted by atomic mass is 16.3. The van der Waals surface area contributed by atoms with Crippen molar-refractivity contribution in [3.05, 3.63) is 193 Å². The molecule has 0 aliphatic rings. The number of benzene rings is 8. The second-order valence-electron chi connectivity index (χ2n) is 15.5. The summed E-state index contributed by atoms with van der Waals surface area (Å²) >= 11 is 0. The highest BCUT2D eigenvalue weighted by Gasteiger charge is 2.23. The van der Waals surface area contributed by atoms with Crippen molar-refractivity contribution in [2.45, 2.75) is 46.5 Å². The molecule has 3 atom stereocenters. The standard InChI is InChI=1S/C55H48O/c1-5-36(3)50(35-51(38(6-2)33-37(4)39-17-9-7-10-18-39)44-22-15-21-43(34-44)40-19-11-8-12-20-40)42-29-27-41(28-30-42)45-31-32-49-47-24-14-13-23-46(47)48-25-16-26-52-53(48)54(49)55(45)56-52/h7-36,38,50H,5-6H2,1-4H3/b37-33+,51-35+. The predicted molar refractivity (Wildman–Crippen MR) is 241 cm³/mol. The highest BCUT2D eigenvalue weighted by molar-refractivity contribution is 6.34. The lowest BCUT2D eigenvalue weighted by atomic mass is 9.79. The molecule has 274 valence electrons. The zero-order valence-electron chi connectivity index (χ0n) is 32.8. The Hall–Kier alpha value is -6.18. The molecule has 0 N–H and O–H groups in total. The first-order valence-corrected chi connectivity index (χ1v) is 20.3. The van der Waals surface area contributed by atoms with E-state index in [-0.39, 0.29) is 11.8 Å². The molecule has 3 unspecified atom stereocenters. The lowest BCUT2D eigenvalue weighted by Crippen LogP contribution is -2.10. The Bertz CT molecular complexity index is 2830. The van der Waals surface area contributed by atoms with E-state index in [9.17, 15) is 0 Å². The zero-order valence-corrected chi connectivity index (χ0v) is 32.8. The quantitative estimate of drug-likeness (QED) is 0.121. The van der Waals surface area contributed by atoms with Crippen molar-refractivity contribution in [1.29, 1.82) is 0 Å². The lowest BCUT2D eigenvalue weighted by Gasteiger charge is -2.26. The molecule has 9 aromatic rings. The van der Waals surface area contributed by atoms with E-state index in [1.54, 1.807) is 0 Å². The summed E-state index contributed by atoms with van der Waals surface area (Å²) < 4.78 is 6.73. The van der Waals surface area contributed by atoms with E-state index in [4.69, 9.17) is 4.42 Å². The third-order valence-corrected chi connectivity index (χ3v) is 12.2. The summed E-state index contributed by atoms with van der Waals surface area (Å²) in [6.07, 6.45) is 7.19. The summed E-state index contributed by atoms with van der Waals surface area (Å²) in [5.74, 6) is 0.935. The molecular weight excluding hydrogens is 677 g/mol. The van der Waals surface area contributed by atoms with Crippen LogP contribution in [0.2, 0.25) is 0 Å². The molecule has 0 saturated heterocycles. The summed E-state index contributed by atoms with van der Waals surface area (Å²) in [6.45, 7) is 9.31. The number of allylic oxidation sites excluding steroid dienone is 4. The topological polar surface area (TPSA) is 13.1 Å². The Morgan fingerprint density at radius 1 is 0.536 bits per heavy atom. The largest absolute Gasteiger partial charge is 0.455 e. The van der Waals surface area contributed by atoms with Crippen molar-refractivity contribution < 1.29 is 4.42 Å². The first-order valence-electron chi connectivity index (χ1n) is 20.3. The van der Waals surface area contributed by atoms with Gasteiger partial charge in [-0.3, -0.25) is 0 Å². The van der Waals surface area contributed by atoms with Gasteiger partial charge in [0.1, 0.15) is 11.2 Å². The van der Waals surface area contributed by atoms with Crippen LogP contribution in [0.15, 0.2) is 180 Å². The minimum absolute atomic E-state index is 0.238. The molecule has 1 aromatic heterocycles. The van der Waals surface area contributed by atoms with Gasteiger partial charge >= 0.3 is 0 Å². The molecule has 0 bridgehead atoms. The molecule has 0 spiro atoms. The Morgan fingerprint density at radius 3 is 1.88 bits per heavy atom. The summed E-state index contributed by atoms with van der Waals surface area (Å²) in [6, 6.07) is 59.8. The van der Waals surface area contributed by atoms with Gasteiger partial charge in [0.15, 0.2) is 0 Å². The van der Waals surface area contributed by atoms with Crippen LogP contribution in [0.4, 0.5) is 0 Å².